The predicted octanol–water partition coefficient (Wildman–Crippen LogP) is 3.21. The fourth-order valence-corrected chi connectivity index (χ4v) is 2.66. The summed E-state index contributed by atoms with van der Waals surface area (Å²) in [6.45, 7) is 5.87. The molecule has 2 aromatic rings. The highest BCUT2D eigenvalue weighted by Gasteiger charge is 2.12. The second-order valence-corrected chi connectivity index (χ2v) is 5.30. The van der Waals surface area contributed by atoms with Crippen LogP contribution in [0.3, 0.4) is 0 Å². The molecule has 0 aliphatic rings. The Balaban J connectivity index is 2.47. The Labute approximate surface area is 121 Å². The summed E-state index contributed by atoms with van der Waals surface area (Å²) in [4.78, 5) is 4.50. The largest absolute Gasteiger partial charge is 0.389 e. The third kappa shape index (κ3) is 2.87. The summed E-state index contributed by atoms with van der Waals surface area (Å²) >= 11 is 3.49. The molecule has 19 heavy (non-hydrogen) atoms. The molecule has 5 heteroatoms. The normalized spacial score (nSPS) is 12.7. The zero-order valence-electron chi connectivity index (χ0n) is 11.4. The molecule has 1 unspecified atom stereocenters. The molecule has 4 nitrogen and oxygen atoms in total. The standard InChI is InChI=1S/C14H18BrN3O/c1-4-13-16-14(5-2)18(17-13)10-6-7-11(9(3)19)12(15)8-10/h6-9,19H,4-5H2,1-3H3. The van der Waals surface area contributed by atoms with Crippen molar-refractivity contribution in [2.24, 2.45) is 0 Å². The van der Waals surface area contributed by atoms with E-state index >= 15 is 0 Å². The van der Waals surface area contributed by atoms with Crippen LogP contribution in [-0.4, -0.2) is 19.9 Å². The lowest BCUT2D eigenvalue weighted by molar-refractivity contribution is 0.198. The highest BCUT2D eigenvalue weighted by Crippen LogP contribution is 2.26. The van der Waals surface area contributed by atoms with Gasteiger partial charge in [-0.1, -0.05) is 35.8 Å². The van der Waals surface area contributed by atoms with Crippen LogP contribution in [0, 0.1) is 0 Å². The van der Waals surface area contributed by atoms with Gasteiger partial charge in [0.1, 0.15) is 5.82 Å². The maximum atomic E-state index is 9.64. The molecule has 0 saturated heterocycles. The van der Waals surface area contributed by atoms with Crippen molar-refractivity contribution in [3.8, 4) is 5.69 Å². The summed E-state index contributed by atoms with van der Waals surface area (Å²) in [5.41, 5.74) is 1.83. The van der Waals surface area contributed by atoms with E-state index in [0.29, 0.717) is 0 Å². The first kappa shape index (κ1) is 14.2. The number of nitrogens with zero attached hydrogens (tertiary/aromatic N) is 3. The van der Waals surface area contributed by atoms with E-state index in [1.165, 1.54) is 0 Å². The topological polar surface area (TPSA) is 50.9 Å². The van der Waals surface area contributed by atoms with Crippen LogP contribution in [0.2, 0.25) is 0 Å². The monoisotopic (exact) mass is 323 g/mol. The second kappa shape index (κ2) is 5.84. The van der Waals surface area contributed by atoms with Crippen LogP contribution in [0.4, 0.5) is 0 Å². The van der Waals surface area contributed by atoms with Crippen LogP contribution < -0.4 is 0 Å². The van der Waals surface area contributed by atoms with Gasteiger partial charge in [0.05, 0.1) is 11.8 Å². The minimum Gasteiger partial charge on any atom is -0.389 e. The second-order valence-electron chi connectivity index (χ2n) is 4.44. The molecular formula is C14H18BrN3O. The predicted molar refractivity (Wildman–Crippen MR) is 78.4 cm³/mol. The third-order valence-electron chi connectivity index (χ3n) is 3.03. The average molecular weight is 324 g/mol. The van der Waals surface area contributed by atoms with Crippen LogP contribution in [-0.2, 0) is 12.8 Å². The summed E-state index contributed by atoms with van der Waals surface area (Å²) in [7, 11) is 0. The molecule has 1 atom stereocenters. The summed E-state index contributed by atoms with van der Waals surface area (Å²) in [6.07, 6.45) is 1.17. The number of aromatic nitrogens is 3. The molecule has 0 spiro atoms. The molecule has 0 aliphatic carbocycles. The van der Waals surface area contributed by atoms with Gasteiger partial charge in [-0.2, -0.15) is 5.10 Å². The number of rotatable bonds is 4. The van der Waals surface area contributed by atoms with Gasteiger partial charge in [-0.15, -0.1) is 0 Å². The van der Waals surface area contributed by atoms with E-state index in [0.717, 1.165) is 40.2 Å². The van der Waals surface area contributed by atoms with Crippen LogP contribution in [0.15, 0.2) is 22.7 Å². The Kier molecular flexibility index (Phi) is 4.37. The molecule has 1 aromatic carbocycles. The summed E-state index contributed by atoms with van der Waals surface area (Å²) in [5.74, 6) is 1.81. The lowest BCUT2D eigenvalue weighted by Gasteiger charge is -2.10. The van der Waals surface area contributed by atoms with Crippen molar-refractivity contribution in [3.63, 3.8) is 0 Å². The van der Waals surface area contributed by atoms with Gasteiger partial charge in [0, 0.05) is 17.3 Å². The minimum absolute atomic E-state index is 0.490. The van der Waals surface area contributed by atoms with E-state index in [9.17, 15) is 5.11 Å². The van der Waals surface area contributed by atoms with Crippen molar-refractivity contribution in [1.82, 2.24) is 14.8 Å². The molecule has 0 bridgehead atoms. The lowest BCUT2D eigenvalue weighted by Crippen LogP contribution is -2.03. The molecule has 1 N–H and O–H groups in total. The van der Waals surface area contributed by atoms with E-state index in [2.05, 4.69) is 32.9 Å². The minimum atomic E-state index is -0.490. The van der Waals surface area contributed by atoms with Crippen LogP contribution >= 0.6 is 15.9 Å². The zero-order valence-corrected chi connectivity index (χ0v) is 13.0. The number of aryl methyl sites for hydroxylation is 2. The molecule has 102 valence electrons. The number of hydrogen-bond donors (Lipinski definition) is 1. The Morgan fingerprint density at radius 3 is 2.58 bits per heavy atom. The number of aliphatic hydroxyl groups excluding tert-OH is 1. The maximum Gasteiger partial charge on any atom is 0.151 e. The van der Waals surface area contributed by atoms with E-state index in [1.807, 2.05) is 29.8 Å². The molecular weight excluding hydrogens is 306 g/mol. The van der Waals surface area contributed by atoms with Crippen molar-refractivity contribution in [2.75, 3.05) is 0 Å². The summed E-state index contributed by atoms with van der Waals surface area (Å²) in [6, 6.07) is 5.84. The Morgan fingerprint density at radius 2 is 2.05 bits per heavy atom. The van der Waals surface area contributed by atoms with Gasteiger partial charge in [-0.25, -0.2) is 9.67 Å². The van der Waals surface area contributed by atoms with E-state index in [1.54, 1.807) is 6.92 Å². The van der Waals surface area contributed by atoms with Gasteiger partial charge in [0.15, 0.2) is 5.82 Å². The first-order valence-corrected chi connectivity index (χ1v) is 7.28. The molecule has 1 heterocycles. The van der Waals surface area contributed by atoms with Gasteiger partial charge in [0.25, 0.3) is 0 Å². The first-order valence-electron chi connectivity index (χ1n) is 6.49. The third-order valence-corrected chi connectivity index (χ3v) is 3.72. The maximum absolute atomic E-state index is 9.64. The molecule has 0 amide bonds. The van der Waals surface area contributed by atoms with E-state index < -0.39 is 6.10 Å². The van der Waals surface area contributed by atoms with Gasteiger partial charge in [-0.3, -0.25) is 0 Å². The number of aliphatic hydroxyl groups is 1. The molecule has 2 rings (SSSR count). The van der Waals surface area contributed by atoms with Gasteiger partial charge in [0.2, 0.25) is 0 Å². The number of hydrogen-bond acceptors (Lipinski definition) is 3. The fourth-order valence-electron chi connectivity index (χ4n) is 1.96. The molecule has 1 aromatic heterocycles. The summed E-state index contributed by atoms with van der Waals surface area (Å²) < 4.78 is 2.76. The van der Waals surface area contributed by atoms with Crippen molar-refractivity contribution < 1.29 is 5.11 Å². The first-order chi connectivity index (χ1) is 9.06. The SMILES string of the molecule is CCc1nc(CC)n(-c2ccc(C(C)O)c(Br)c2)n1. The van der Waals surface area contributed by atoms with E-state index in [-0.39, 0.29) is 0 Å². The van der Waals surface area contributed by atoms with E-state index in [4.69, 9.17) is 0 Å². The van der Waals surface area contributed by atoms with Crippen LogP contribution in [0.1, 0.15) is 44.1 Å². The Hall–Kier alpha value is -1.20. The number of halogens is 1. The van der Waals surface area contributed by atoms with Crippen molar-refractivity contribution in [2.45, 2.75) is 39.7 Å². The fraction of sp³-hybridized carbons (Fsp3) is 0.429. The molecule has 0 saturated carbocycles. The van der Waals surface area contributed by atoms with Crippen LogP contribution in [0.25, 0.3) is 5.69 Å². The van der Waals surface area contributed by atoms with Gasteiger partial charge in [-0.05, 0) is 24.6 Å². The molecule has 0 radical (unpaired) electrons. The molecule has 0 fully saturated rings. The van der Waals surface area contributed by atoms with Crippen LogP contribution in [0.5, 0.6) is 0 Å². The zero-order chi connectivity index (χ0) is 14.0. The van der Waals surface area contributed by atoms with Gasteiger partial charge >= 0.3 is 0 Å². The smallest absolute Gasteiger partial charge is 0.151 e. The van der Waals surface area contributed by atoms with Crippen molar-refractivity contribution >= 4 is 15.9 Å². The quantitative estimate of drug-likeness (QED) is 0.939. The number of benzene rings is 1. The highest BCUT2D eigenvalue weighted by atomic mass is 79.9. The Bertz CT molecular complexity index is 578. The van der Waals surface area contributed by atoms with Crippen molar-refractivity contribution in [1.29, 1.82) is 0 Å². The summed E-state index contributed by atoms with van der Waals surface area (Å²) in [5, 5.41) is 14.2. The van der Waals surface area contributed by atoms with Crippen molar-refractivity contribution in [3.05, 3.63) is 39.9 Å². The Morgan fingerprint density at radius 1 is 1.32 bits per heavy atom. The lowest BCUT2D eigenvalue weighted by atomic mass is 10.1. The highest BCUT2D eigenvalue weighted by molar-refractivity contribution is 9.10. The molecule has 0 aliphatic heterocycles. The van der Waals surface area contributed by atoms with Gasteiger partial charge < -0.3 is 5.11 Å². The average Bonchev–Trinajstić information content (AvgIpc) is 2.81.